The Hall–Kier alpha value is -0.570. The highest BCUT2D eigenvalue weighted by Crippen LogP contribution is 2.12. The highest BCUT2D eigenvalue weighted by Gasteiger charge is 2.08. The van der Waals surface area contributed by atoms with E-state index in [9.17, 15) is 4.79 Å². The van der Waals surface area contributed by atoms with Crippen molar-refractivity contribution in [2.45, 2.75) is 111 Å². The van der Waals surface area contributed by atoms with Crippen LogP contribution < -0.4 is 0 Å². The second-order valence-electron chi connectivity index (χ2n) is 6.21. The molecule has 0 bridgehead atoms. The van der Waals surface area contributed by atoms with Crippen LogP contribution in [0.25, 0.3) is 0 Å². The minimum Gasteiger partial charge on any atom is -0.436 e. The first kappa shape index (κ1) is 21.4. The van der Waals surface area contributed by atoms with Crippen LogP contribution in [0.4, 0.5) is 0 Å². The molecule has 3 heteroatoms. The molecule has 132 valence electrons. The molecule has 0 spiro atoms. The molecule has 0 aliphatic heterocycles. The topological polar surface area (TPSA) is 35.5 Å². The average molecular weight is 315 g/mol. The normalized spacial score (nSPS) is 12.3. The van der Waals surface area contributed by atoms with Gasteiger partial charge in [-0.05, 0) is 6.42 Å². The summed E-state index contributed by atoms with van der Waals surface area (Å²) in [5.74, 6) is -0.262. The van der Waals surface area contributed by atoms with Crippen molar-refractivity contribution >= 4 is 5.97 Å². The molecule has 0 aromatic heterocycles. The summed E-state index contributed by atoms with van der Waals surface area (Å²) in [6.07, 6.45) is 16.5. The van der Waals surface area contributed by atoms with Crippen LogP contribution in [-0.2, 0) is 14.3 Å². The van der Waals surface area contributed by atoms with E-state index >= 15 is 0 Å². The van der Waals surface area contributed by atoms with Gasteiger partial charge in [0.05, 0.1) is 6.61 Å². The number of esters is 1. The van der Waals surface area contributed by atoms with Crippen LogP contribution in [0, 0.1) is 0 Å². The third-order valence-corrected chi connectivity index (χ3v) is 3.93. The largest absolute Gasteiger partial charge is 0.436 e. The molecule has 0 saturated carbocycles. The van der Waals surface area contributed by atoms with Crippen LogP contribution in [0.5, 0.6) is 0 Å². The van der Waals surface area contributed by atoms with Crippen LogP contribution >= 0.6 is 0 Å². The van der Waals surface area contributed by atoms with Crippen molar-refractivity contribution in [1.29, 1.82) is 0 Å². The molecule has 0 rings (SSSR count). The summed E-state index contributed by atoms with van der Waals surface area (Å²) in [5, 5.41) is 0. The zero-order valence-corrected chi connectivity index (χ0v) is 15.2. The zero-order chi connectivity index (χ0) is 16.5. The summed E-state index contributed by atoms with van der Waals surface area (Å²) < 4.78 is 10.6. The van der Waals surface area contributed by atoms with Crippen molar-refractivity contribution < 1.29 is 14.3 Å². The molecular weight excluding hydrogens is 276 g/mol. The highest BCUT2D eigenvalue weighted by atomic mass is 16.7. The Morgan fingerprint density at radius 3 is 1.64 bits per heavy atom. The molecule has 22 heavy (non-hydrogen) atoms. The first-order chi connectivity index (χ1) is 10.7. The van der Waals surface area contributed by atoms with Crippen molar-refractivity contribution in [2.75, 3.05) is 6.61 Å². The minimum atomic E-state index is -0.356. The Labute approximate surface area is 138 Å². The molecule has 1 unspecified atom stereocenters. The number of carbonyl (C=O) groups excluding carboxylic acids is 1. The van der Waals surface area contributed by atoms with E-state index in [0.29, 0.717) is 6.61 Å². The van der Waals surface area contributed by atoms with E-state index in [1.165, 1.54) is 77.6 Å². The summed E-state index contributed by atoms with van der Waals surface area (Å²) in [6, 6.07) is 0. The van der Waals surface area contributed by atoms with Crippen LogP contribution in [0.3, 0.4) is 0 Å². The standard InChI is InChI=1S/C19H38O3/c1-4-6-7-8-9-10-11-12-13-14-15-16-17-21-19(5-2)22-18(3)20/h19H,4-17H2,1-3H3. The highest BCUT2D eigenvalue weighted by molar-refractivity contribution is 5.66. The van der Waals surface area contributed by atoms with Gasteiger partial charge in [0.25, 0.3) is 0 Å². The fraction of sp³-hybridized carbons (Fsp3) is 0.947. The molecule has 0 heterocycles. The summed E-state index contributed by atoms with van der Waals surface area (Å²) in [4.78, 5) is 10.8. The van der Waals surface area contributed by atoms with Gasteiger partial charge in [0.1, 0.15) is 0 Å². The molecule has 0 aliphatic carbocycles. The van der Waals surface area contributed by atoms with Gasteiger partial charge in [0.2, 0.25) is 6.29 Å². The van der Waals surface area contributed by atoms with Gasteiger partial charge in [-0.3, -0.25) is 4.79 Å². The second-order valence-corrected chi connectivity index (χ2v) is 6.21. The third-order valence-electron chi connectivity index (χ3n) is 3.93. The molecular formula is C19H38O3. The van der Waals surface area contributed by atoms with E-state index in [-0.39, 0.29) is 12.3 Å². The van der Waals surface area contributed by atoms with E-state index < -0.39 is 0 Å². The Morgan fingerprint density at radius 2 is 1.23 bits per heavy atom. The average Bonchev–Trinajstić information content (AvgIpc) is 2.50. The monoisotopic (exact) mass is 314 g/mol. The molecule has 3 nitrogen and oxygen atoms in total. The third kappa shape index (κ3) is 15.8. The lowest BCUT2D eigenvalue weighted by atomic mass is 10.1. The van der Waals surface area contributed by atoms with Gasteiger partial charge in [-0.25, -0.2) is 0 Å². The second kappa shape index (κ2) is 16.8. The molecule has 0 aromatic carbocycles. The van der Waals surface area contributed by atoms with E-state index in [4.69, 9.17) is 9.47 Å². The summed E-state index contributed by atoms with van der Waals surface area (Å²) in [5.41, 5.74) is 0. The van der Waals surface area contributed by atoms with Crippen LogP contribution in [0.2, 0.25) is 0 Å². The summed E-state index contributed by atoms with van der Waals surface area (Å²) in [6.45, 7) is 6.36. The van der Waals surface area contributed by atoms with Gasteiger partial charge < -0.3 is 9.47 Å². The van der Waals surface area contributed by atoms with E-state index in [0.717, 1.165) is 12.8 Å². The molecule has 1 atom stereocenters. The fourth-order valence-electron chi connectivity index (χ4n) is 2.58. The quantitative estimate of drug-likeness (QED) is 0.199. The lowest BCUT2D eigenvalue weighted by Gasteiger charge is -2.15. The molecule has 0 aliphatic rings. The molecule has 0 radical (unpaired) electrons. The summed E-state index contributed by atoms with van der Waals surface area (Å²) in [7, 11) is 0. The van der Waals surface area contributed by atoms with Gasteiger partial charge >= 0.3 is 5.97 Å². The first-order valence-electron chi connectivity index (χ1n) is 9.49. The van der Waals surface area contributed by atoms with Gasteiger partial charge in [-0.15, -0.1) is 0 Å². The van der Waals surface area contributed by atoms with Gasteiger partial charge in [0, 0.05) is 13.3 Å². The van der Waals surface area contributed by atoms with Crippen molar-refractivity contribution in [3.8, 4) is 0 Å². The predicted molar refractivity (Wildman–Crippen MR) is 92.9 cm³/mol. The maximum Gasteiger partial charge on any atom is 0.304 e. The summed E-state index contributed by atoms with van der Waals surface area (Å²) >= 11 is 0. The Kier molecular flexibility index (Phi) is 16.4. The SMILES string of the molecule is CCCCCCCCCCCCCCOC(CC)OC(C)=O. The fourth-order valence-corrected chi connectivity index (χ4v) is 2.58. The lowest BCUT2D eigenvalue weighted by Crippen LogP contribution is -2.19. The van der Waals surface area contributed by atoms with E-state index in [2.05, 4.69) is 6.92 Å². The van der Waals surface area contributed by atoms with Gasteiger partial charge in [0.15, 0.2) is 0 Å². The maximum absolute atomic E-state index is 10.8. The number of ether oxygens (including phenoxy) is 2. The molecule has 0 saturated heterocycles. The first-order valence-corrected chi connectivity index (χ1v) is 9.49. The van der Waals surface area contributed by atoms with Crippen molar-refractivity contribution in [1.82, 2.24) is 0 Å². The van der Waals surface area contributed by atoms with Crippen molar-refractivity contribution in [3.05, 3.63) is 0 Å². The Bertz CT molecular complexity index is 241. The maximum atomic E-state index is 10.8. The van der Waals surface area contributed by atoms with Crippen LogP contribution in [0.1, 0.15) is 104 Å². The molecule has 0 N–H and O–H groups in total. The Balaban J connectivity index is 3.18. The van der Waals surface area contributed by atoms with Crippen molar-refractivity contribution in [2.24, 2.45) is 0 Å². The number of unbranched alkanes of at least 4 members (excludes halogenated alkanes) is 11. The molecule has 0 aromatic rings. The van der Waals surface area contributed by atoms with Crippen LogP contribution in [0.15, 0.2) is 0 Å². The van der Waals surface area contributed by atoms with E-state index in [1.807, 2.05) is 6.92 Å². The van der Waals surface area contributed by atoms with Crippen LogP contribution in [-0.4, -0.2) is 18.9 Å². The van der Waals surface area contributed by atoms with Crippen molar-refractivity contribution in [3.63, 3.8) is 0 Å². The smallest absolute Gasteiger partial charge is 0.304 e. The molecule has 0 amide bonds. The Morgan fingerprint density at radius 1 is 0.773 bits per heavy atom. The lowest BCUT2D eigenvalue weighted by molar-refractivity contribution is -0.176. The molecule has 0 fully saturated rings. The minimum absolute atomic E-state index is 0.262. The number of rotatable bonds is 16. The zero-order valence-electron chi connectivity index (χ0n) is 15.2. The number of carbonyl (C=O) groups is 1. The van der Waals surface area contributed by atoms with E-state index in [1.54, 1.807) is 0 Å². The number of hydrogen-bond donors (Lipinski definition) is 0. The van der Waals surface area contributed by atoms with Gasteiger partial charge in [-0.2, -0.15) is 0 Å². The predicted octanol–water partition coefficient (Wildman–Crippen LogP) is 6.00. The van der Waals surface area contributed by atoms with Gasteiger partial charge in [-0.1, -0.05) is 84.5 Å². The number of hydrogen-bond acceptors (Lipinski definition) is 3.